The Morgan fingerprint density at radius 1 is 1.22 bits per heavy atom. The van der Waals surface area contributed by atoms with Gasteiger partial charge in [-0.15, -0.1) is 0 Å². The van der Waals surface area contributed by atoms with Crippen molar-refractivity contribution in [3.05, 3.63) is 46.5 Å². The van der Waals surface area contributed by atoms with Crippen molar-refractivity contribution in [2.75, 3.05) is 0 Å². The molecule has 0 spiro atoms. The molecule has 1 heterocycles. The van der Waals surface area contributed by atoms with E-state index in [1.165, 1.54) is 31.7 Å². The van der Waals surface area contributed by atoms with Gasteiger partial charge in [-0.3, -0.25) is 5.10 Å². The number of H-pyrrole nitrogens is 1. The van der Waals surface area contributed by atoms with Crippen LogP contribution in [-0.4, -0.2) is 9.78 Å². The van der Waals surface area contributed by atoms with E-state index in [4.69, 9.17) is 12.2 Å². The molecule has 0 atom stereocenters. The van der Waals surface area contributed by atoms with Gasteiger partial charge in [0.05, 0.1) is 5.69 Å². The molecule has 0 aliphatic heterocycles. The average Bonchev–Trinajstić information content (AvgIpc) is 2.99. The van der Waals surface area contributed by atoms with E-state index in [1.807, 2.05) is 12.1 Å². The van der Waals surface area contributed by atoms with E-state index in [1.54, 1.807) is 16.8 Å². The molecule has 0 unspecified atom stereocenters. The number of hydrogen-bond donors (Lipinski definition) is 1. The standard InChI is InChI=1S/C14H15FN2S/c15-11-7-3-4-8-13(11)17-14(18)9-12(16-17)10-5-1-2-6-10/h3-4,7-10,16H,1-2,5-6H2. The fourth-order valence-electron chi connectivity index (χ4n) is 2.67. The maximum absolute atomic E-state index is 13.8. The molecule has 94 valence electrons. The number of para-hydroxylation sites is 1. The molecule has 1 aromatic carbocycles. The molecule has 1 aliphatic carbocycles. The molecular weight excluding hydrogens is 247 g/mol. The summed E-state index contributed by atoms with van der Waals surface area (Å²) in [6, 6.07) is 8.66. The van der Waals surface area contributed by atoms with Gasteiger partial charge in [-0.2, -0.15) is 0 Å². The van der Waals surface area contributed by atoms with E-state index in [9.17, 15) is 4.39 Å². The summed E-state index contributed by atoms with van der Waals surface area (Å²) in [5, 5.41) is 3.25. The Hall–Kier alpha value is -1.42. The molecule has 3 rings (SSSR count). The Labute approximate surface area is 110 Å². The third kappa shape index (κ3) is 2.01. The predicted octanol–water partition coefficient (Wildman–Crippen LogP) is 4.33. The lowest BCUT2D eigenvalue weighted by Crippen LogP contribution is -2.01. The van der Waals surface area contributed by atoms with Crippen LogP contribution in [0.25, 0.3) is 5.69 Å². The Balaban J connectivity index is 2.03. The van der Waals surface area contributed by atoms with Gasteiger partial charge >= 0.3 is 0 Å². The first kappa shape index (κ1) is 11.7. The summed E-state index contributed by atoms with van der Waals surface area (Å²) in [5.74, 6) is 0.299. The highest BCUT2D eigenvalue weighted by Crippen LogP contribution is 2.33. The molecule has 1 saturated carbocycles. The lowest BCUT2D eigenvalue weighted by molar-refractivity contribution is 0.605. The molecule has 0 bridgehead atoms. The maximum Gasteiger partial charge on any atom is 0.148 e. The first-order valence-electron chi connectivity index (χ1n) is 6.32. The van der Waals surface area contributed by atoms with Crippen LogP contribution in [0.3, 0.4) is 0 Å². The van der Waals surface area contributed by atoms with Crippen LogP contribution in [0.5, 0.6) is 0 Å². The van der Waals surface area contributed by atoms with Crippen LogP contribution in [0.1, 0.15) is 37.3 Å². The summed E-state index contributed by atoms with van der Waals surface area (Å²) in [5.41, 5.74) is 1.63. The van der Waals surface area contributed by atoms with Crippen molar-refractivity contribution in [2.45, 2.75) is 31.6 Å². The molecule has 0 saturated heterocycles. The molecule has 0 radical (unpaired) electrons. The van der Waals surface area contributed by atoms with Gasteiger partial charge in [-0.25, -0.2) is 9.07 Å². The van der Waals surface area contributed by atoms with E-state index >= 15 is 0 Å². The largest absolute Gasteiger partial charge is 0.297 e. The Morgan fingerprint density at radius 2 is 1.94 bits per heavy atom. The van der Waals surface area contributed by atoms with Crippen molar-refractivity contribution in [3.63, 3.8) is 0 Å². The summed E-state index contributed by atoms with van der Waals surface area (Å²) in [4.78, 5) is 0. The summed E-state index contributed by atoms with van der Waals surface area (Å²) >= 11 is 5.31. The van der Waals surface area contributed by atoms with Crippen molar-refractivity contribution in [1.29, 1.82) is 0 Å². The van der Waals surface area contributed by atoms with Gasteiger partial charge in [0.15, 0.2) is 0 Å². The molecule has 1 fully saturated rings. The van der Waals surface area contributed by atoms with Crippen LogP contribution in [0.15, 0.2) is 30.3 Å². The number of halogens is 1. The first-order chi connectivity index (χ1) is 8.75. The molecule has 18 heavy (non-hydrogen) atoms. The fourth-order valence-corrected chi connectivity index (χ4v) is 2.94. The van der Waals surface area contributed by atoms with Gasteiger partial charge in [-0.1, -0.05) is 37.2 Å². The third-order valence-electron chi connectivity index (χ3n) is 3.63. The van der Waals surface area contributed by atoms with Crippen molar-refractivity contribution < 1.29 is 4.39 Å². The van der Waals surface area contributed by atoms with Crippen molar-refractivity contribution in [3.8, 4) is 5.69 Å². The lowest BCUT2D eigenvalue weighted by Gasteiger charge is -2.07. The zero-order chi connectivity index (χ0) is 12.5. The van der Waals surface area contributed by atoms with Crippen molar-refractivity contribution in [2.24, 2.45) is 0 Å². The molecule has 1 aromatic heterocycles. The molecular formula is C14H15FN2S. The second-order valence-electron chi connectivity index (χ2n) is 4.82. The van der Waals surface area contributed by atoms with Crippen LogP contribution in [0.2, 0.25) is 0 Å². The highest BCUT2D eigenvalue weighted by Gasteiger charge is 2.19. The van der Waals surface area contributed by atoms with E-state index in [2.05, 4.69) is 5.10 Å². The quantitative estimate of drug-likeness (QED) is 0.799. The second-order valence-corrected chi connectivity index (χ2v) is 5.24. The monoisotopic (exact) mass is 262 g/mol. The SMILES string of the molecule is Fc1ccccc1-n1[nH]c(C2CCCC2)cc1=S. The molecule has 0 amide bonds. The number of benzene rings is 1. The minimum absolute atomic E-state index is 0.256. The minimum atomic E-state index is -0.256. The number of nitrogens with one attached hydrogen (secondary N) is 1. The van der Waals surface area contributed by atoms with E-state index in [-0.39, 0.29) is 5.82 Å². The van der Waals surface area contributed by atoms with Crippen LogP contribution < -0.4 is 0 Å². The molecule has 2 aromatic rings. The van der Waals surface area contributed by atoms with Gasteiger partial charge in [-0.05, 0) is 31.0 Å². The average molecular weight is 262 g/mol. The number of nitrogens with zero attached hydrogens (tertiary/aromatic N) is 1. The number of aromatic nitrogens is 2. The lowest BCUT2D eigenvalue weighted by atomic mass is 10.1. The van der Waals surface area contributed by atoms with Crippen LogP contribution in [0, 0.1) is 10.5 Å². The van der Waals surface area contributed by atoms with E-state index in [0.717, 1.165) is 5.69 Å². The van der Waals surface area contributed by atoms with Gasteiger partial charge < -0.3 is 0 Å². The van der Waals surface area contributed by atoms with Gasteiger partial charge in [0.2, 0.25) is 0 Å². The smallest absolute Gasteiger partial charge is 0.148 e. The summed E-state index contributed by atoms with van der Waals surface area (Å²) < 4.78 is 16.1. The minimum Gasteiger partial charge on any atom is -0.297 e. The zero-order valence-corrected chi connectivity index (χ0v) is 10.8. The Morgan fingerprint density at radius 3 is 2.67 bits per heavy atom. The fraction of sp³-hybridized carbons (Fsp3) is 0.357. The van der Waals surface area contributed by atoms with Crippen LogP contribution in [-0.2, 0) is 0 Å². The summed E-state index contributed by atoms with van der Waals surface area (Å²) in [6.45, 7) is 0. The number of aromatic amines is 1. The van der Waals surface area contributed by atoms with E-state index in [0.29, 0.717) is 16.2 Å². The van der Waals surface area contributed by atoms with Gasteiger partial charge in [0.1, 0.15) is 10.5 Å². The zero-order valence-electron chi connectivity index (χ0n) is 10.0. The van der Waals surface area contributed by atoms with Crippen molar-refractivity contribution >= 4 is 12.2 Å². The third-order valence-corrected chi connectivity index (χ3v) is 3.93. The highest BCUT2D eigenvalue weighted by molar-refractivity contribution is 7.71. The summed E-state index contributed by atoms with van der Waals surface area (Å²) in [7, 11) is 0. The van der Waals surface area contributed by atoms with Crippen LogP contribution in [0.4, 0.5) is 4.39 Å². The Kier molecular flexibility index (Phi) is 3.04. The topological polar surface area (TPSA) is 20.7 Å². The highest BCUT2D eigenvalue weighted by atomic mass is 32.1. The summed E-state index contributed by atoms with van der Waals surface area (Å²) in [6.07, 6.45) is 4.95. The molecule has 4 heteroatoms. The molecule has 2 nitrogen and oxygen atoms in total. The number of hydrogen-bond acceptors (Lipinski definition) is 1. The first-order valence-corrected chi connectivity index (χ1v) is 6.73. The second kappa shape index (κ2) is 4.69. The van der Waals surface area contributed by atoms with Crippen LogP contribution >= 0.6 is 12.2 Å². The predicted molar refractivity (Wildman–Crippen MR) is 72.1 cm³/mol. The van der Waals surface area contributed by atoms with Gasteiger partial charge in [0.25, 0.3) is 0 Å². The van der Waals surface area contributed by atoms with Crippen molar-refractivity contribution in [1.82, 2.24) is 9.78 Å². The molecule has 1 N–H and O–H groups in total. The van der Waals surface area contributed by atoms with E-state index < -0.39 is 0 Å². The Bertz CT molecular complexity index is 608. The maximum atomic E-state index is 13.8. The molecule has 1 aliphatic rings. The number of rotatable bonds is 2. The van der Waals surface area contributed by atoms with Gasteiger partial charge in [0, 0.05) is 11.6 Å². The normalized spacial score (nSPS) is 16.3.